The van der Waals surface area contributed by atoms with E-state index in [1.807, 2.05) is 6.92 Å². The van der Waals surface area contributed by atoms with Crippen molar-refractivity contribution in [1.82, 2.24) is 4.57 Å². The summed E-state index contributed by atoms with van der Waals surface area (Å²) in [5, 5.41) is 0. The van der Waals surface area contributed by atoms with E-state index < -0.39 is 5.97 Å². The van der Waals surface area contributed by atoms with Crippen molar-refractivity contribution >= 4 is 5.97 Å². The number of rotatable bonds is 8. The molecule has 1 aromatic heterocycles. The van der Waals surface area contributed by atoms with E-state index in [0.717, 1.165) is 12.8 Å². The number of carbonyl (C=O) groups excluding carboxylic acids is 1. The molecule has 5 nitrogen and oxygen atoms in total. The van der Waals surface area contributed by atoms with Crippen molar-refractivity contribution in [1.29, 1.82) is 0 Å². The van der Waals surface area contributed by atoms with Crippen LogP contribution in [0.4, 0.5) is 0 Å². The zero-order chi connectivity index (χ0) is 15.0. The van der Waals surface area contributed by atoms with Gasteiger partial charge in [0.1, 0.15) is 6.54 Å². The fourth-order valence-electron chi connectivity index (χ4n) is 1.55. The third-order valence-corrected chi connectivity index (χ3v) is 2.70. The van der Waals surface area contributed by atoms with Gasteiger partial charge in [0.25, 0.3) is 5.56 Å². The lowest BCUT2D eigenvalue weighted by Crippen LogP contribution is -2.26. The second-order valence-electron chi connectivity index (χ2n) is 5.06. The monoisotopic (exact) mass is 281 g/mol. The van der Waals surface area contributed by atoms with Gasteiger partial charge in [0, 0.05) is 6.20 Å². The predicted molar refractivity (Wildman–Crippen MR) is 76.9 cm³/mol. The van der Waals surface area contributed by atoms with Crippen molar-refractivity contribution in [3.63, 3.8) is 0 Å². The van der Waals surface area contributed by atoms with Crippen molar-refractivity contribution in [2.24, 2.45) is 5.92 Å². The molecule has 0 bridgehead atoms. The molecule has 0 aliphatic carbocycles. The third-order valence-electron chi connectivity index (χ3n) is 2.70. The van der Waals surface area contributed by atoms with Crippen LogP contribution in [0.2, 0.25) is 0 Å². The maximum Gasteiger partial charge on any atom is 0.326 e. The molecule has 0 amide bonds. The van der Waals surface area contributed by atoms with Crippen LogP contribution in [0, 0.1) is 5.92 Å². The first kappa shape index (κ1) is 16.3. The SMILES string of the molecule is CCCOc1cccn(CC(=O)OCCC(C)C)c1=O. The Labute approximate surface area is 119 Å². The topological polar surface area (TPSA) is 57.5 Å². The predicted octanol–water partition coefficient (Wildman–Crippen LogP) is 2.23. The van der Waals surface area contributed by atoms with E-state index in [-0.39, 0.29) is 17.9 Å². The summed E-state index contributed by atoms with van der Waals surface area (Å²) < 4.78 is 11.7. The number of hydrogen-bond donors (Lipinski definition) is 0. The quantitative estimate of drug-likeness (QED) is 0.686. The molecule has 0 aliphatic heterocycles. The minimum absolute atomic E-state index is 0.0831. The van der Waals surface area contributed by atoms with Crippen LogP contribution < -0.4 is 10.3 Å². The maximum absolute atomic E-state index is 12.0. The zero-order valence-electron chi connectivity index (χ0n) is 12.4. The highest BCUT2D eigenvalue weighted by Gasteiger charge is 2.09. The van der Waals surface area contributed by atoms with Crippen molar-refractivity contribution < 1.29 is 14.3 Å². The van der Waals surface area contributed by atoms with Crippen LogP contribution in [0.3, 0.4) is 0 Å². The van der Waals surface area contributed by atoms with E-state index >= 15 is 0 Å². The average Bonchev–Trinajstić information content (AvgIpc) is 2.39. The van der Waals surface area contributed by atoms with Crippen molar-refractivity contribution in [2.75, 3.05) is 13.2 Å². The first-order valence-electron chi connectivity index (χ1n) is 7.02. The van der Waals surface area contributed by atoms with Crippen molar-refractivity contribution in [2.45, 2.75) is 40.2 Å². The Hall–Kier alpha value is -1.78. The highest BCUT2D eigenvalue weighted by molar-refractivity contribution is 5.69. The summed E-state index contributed by atoms with van der Waals surface area (Å²) in [6.07, 6.45) is 3.21. The van der Waals surface area contributed by atoms with Crippen LogP contribution in [0.5, 0.6) is 5.75 Å². The molecule has 0 unspecified atom stereocenters. The molecular formula is C15H23NO4. The summed E-state index contributed by atoms with van der Waals surface area (Å²) in [6.45, 7) is 6.88. The minimum atomic E-state index is -0.402. The number of esters is 1. The van der Waals surface area contributed by atoms with Gasteiger partial charge in [0.15, 0.2) is 5.75 Å². The highest BCUT2D eigenvalue weighted by atomic mass is 16.5. The van der Waals surface area contributed by atoms with Crippen molar-refractivity contribution in [3.8, 4) is 5.75 Å². The number of carbonyl (C=O) groups is 1. The van der Waals surface area contributed by atoms with Gasteiger partial charge in [-0.1, -0.05) is 20.8 Å². The number of hydrogen-bond acceptors (Lipinski definition) is 4. The van der Waals surface area contributed by atoms with E-state index in [2.05, 4.69) is 13.8 Å². The Morgan fingerprint density at radius 2 is 2.10 bits per heavy atom. The summed E-state index contributed by atoms with van der Waals surface area (Å²) in [6, 6.07) is 3.30. The minimum Gasteiger partial charge on any atom is -0.488 e. The fourth-order valence-corrected chi connectivity index (χ4v) is 1.55. The lowest BCUT2D eigenvalue weighted by atomic mass is 10.1. The Morgan fingerprint density at radius 1 is 1.35 bits per heavy atom. The lowest BCUT2D eigenvalue weighted by Gasteiger charge is -2.10. The van der Waals surface area contributed by atoms with Crippen LogP contribution in [0.1, 0.15) is 33.6 Å². The molecule has 0 fully saturated rings. The Balaban J connectivity index is 2.59. The van der Waals surface area contributed by atoms with Crippen LogP contribution in [-0.4, -0.2) is 23.8 Å². The standard InChI is InChI=1S/C15H23NO4/c1-4-9-19-13-6-5-8-16(15(13)18)11-14(17)20-10-7-12(2)3/h5-6,8,12H,4,7,9-11H2,1-3H3. The van der Waals surface area contributed by atoms with Crippen LogP contribution in [-0.2, 0) is 16.1 Å². The van der Waals surface area contributed by atoms with Gasteiger partial charge >= 0.3 is 5.97 Å². The van der Waals surface area contributed by atoms with Gasteiger partial charge in [-0.15, -0.1) is 0 Å². The molecule has 1 heterocycles. The molecule has 0 saturated heterocycles. The second-order valence-corrected chi connectivity index (χ2v) is 5.06. The number of nitrogens with zero attached hydrogens (tertiary/aromatic N) is 1. The third kappa shape index (κ3) is 5.47. The van der Waals surface area contributed by atoms with Gasteiger partial charge in [-0.05, 0) is 30.9 Å². The van der Waals surface area contributed by atoms with E-state index in [1.54, 1.807) is 18.3 Å². The summed E-state index contributed by atoms with van der Waals surface area (Å²) in [4.78, 5) is 23.7. The fraction of sp³-hybridized carbons (Fsp3) is 0.600. The van der Waals surface area contributed by atoms with Gasteiger partial charge in [-0.2, -0.15) is 0 Å². The second kappa shape index (κ2) is 8.40. The maximum atomic E-state index is 12.0. The Kier molecular flexibility index (Phi) is 6.84. The number of aromatic nitrogens is 1. The van der Waals surface area contributed by atoms with Crippen LogP contribution >= 0.6 is 0 Å². The molecule has 1 rings (SSSR count). The normalized spacial score (nSPS) is 10.6. The molecular weight excluding hydrogens is 258 g/mol. The summed E-state index contributed by atoms with van der Waals surface area (Å²) in [5.74, 6) is 0.348. The van der Waals surface area contributed by atoms with Gasteiger partial charge in [-0.25, -0.2) is 0 Å². The molecule has 1 aromatic rings. The van der Waals surface area contributed by atoms with E-state index in [1.165, 1.54) is 4.57 Å². The summed E-state index contributed by atoms with van der Waals surface area (Å²) in [7, 11) is 0. The first-order chi connectivity index (χ1) is 9.54. The van der Waals surface area contributed by atoms with E-state index in [0.29, 0.717) is 19.1 Å². The van der Waals surface area contributed by atoms with Gasteiger partial charge < -0.3 is 14.0 Å². The summed E-state index contributed by atoms with van der Waals surface area (Å²) >= 11 is 0. The van der Waals surface area contributed by atoms with Crippen molar-refractivity contribution in [3.05, 3.63) is 28.7 Å². The number of ether oxygens (including phenoxy) is 2. The van der Waals surface area contributed by atoms with Gasteiger partial charge in [0.2, 0.25) is 0 Å². The van der Waals surface area contributed by atoms with Crippen LogP contribution in [0.15, 0.2) is 23.1 Å². The smallest absolute Gasteiger partial charge is 0.326 e. The largest absolute Gasteiger partial charge is 0.488 e. The van der Waals surface area contributed by atoms with Gasteiger partial charge in [0.05, 0.1) is 13.2 Å². The van der Waals surface area contributed by atoms with E-state index in [4.69, 9.17) is 9.47 Å². The highest BCUT2D eigenvalue weighted by Crippen LogP contribution is 2.03. The molecule has 0 aromatic carbocycles. The molecule has 0 spiro atoms. The van der Waals surface area contributed by atoms with Crippen LogP contribution in [0.25, 0.3) is 0 Å². The Morgan fingerprint density at radius 3 is 2.75 bits per heavy atom. The molecule has 0 saturated carbocycles. The molecule has 20 heavy (non-hydrogen) atoms. The molecule has 112 valence electrons. The molecule has 0 radical (unpaired) electrons. The molecule has 0 N–H and O–H groups in total. The summed E-state index contributed by atoms with van der Waals surface area (Å²) in [5.41, 5.74) is -0.304. The molecule has 5 heteroatoms. The number of pyridine rings is 1. The average molecular weight is 281 g/mol. The molecule has 0 aliphatic rings. The Bertz CT molecular complexity index is 479. The first-order valence-corrected chi connectivity index (χ1v) is 7.02. The van der Waals surface area contributed by atoms with E-state index in [9.17, 15) is 9.59 Å². The van der Waals surface area contributed by atoms with Gasteiger partial charge in [-0.3, -0.25) is 9.59 Å². The lowest BCUT2D eigenvalue weighted by molar-refractivity contribution is -0.144. The molecule has 0 atom stereocenters. The zero-order valence-corrected chi connectivity index (χ0v) is 12.4.